The molecular formula is C21H20ClN5O2. The lowest BCUT2D eigenvalue weighted by atomic mass is 10.1. The molecule has 2 N–H and O–H groups in total. The second kappa shape index (κ2) is 7.97. The van der Waals surface area contributed by atoms with Gasteiger partial charge in [0.15, 0.2) is 0 Å². The molecule has 29 heavy (non-hydrogen) atoms. The standard InChI is InChI=1S/C21H20ClN5O2/c1-13-17(11-15-5-3-4-6-18(15)22)19(28)27-21(24-13)25-20(26-27)23-12-14-7-9-16(29-2)10-8-14/h3-10H,11-12H2,1-2H3,(H2,23,24,25,26). The molecule has 0 aliphatic rings. The van der Waals surface area contributed by atoms with Gasteiger partial charge in [-0.3, -0.25) is 9.89 Å². The number of nitrogens with zero attached hydrogens (tertiary/aromatic N) is 3. The van der Waals surface area contributed by atoms with Crippen LogP contribution in [0, 0.1) is 6.92 Å². The minimum atomic E-state index is -0.183. The molecule has 4 rings (SSSR count). The molecule has 2 aromatic carbocycles. The minimum absolute atomic E-state index is 0.183. The van der Waals surface area contributed by atoms with Crippen LogP contribution >= 0.6 is 11.6 Å². The van der Waals surface area contributed by atoms with Crippen LogP contribution < -0.4 is 15.6 Å². The molecule has 2 heterocycles. The summed E-state index contributed by atoms with van der Waals surface area (Å²) in [6, 6.07) is 15.2. The third-order valence-electron chi connectivity index (χ3n) is 4.74. The van der Waals surface area contributed by atoms with Gasteiger partial charge >= 0.3 is 0 Å². The summed E-state index contributed by atoms with van der Waals surface area (Å²) in [4.78, 5) is 21.9. The third kappa shape index (κ3) is 3.95. The highest BCUT2D eigenvalue weighted by molar-refractivity contribution is 6.31. The molecule has 0 aliphatic heterocycles. The van der Waals surface area contributed by atoms with E-state index in [-0.39, 0.29) is 5.56 Å². The fraction of sp³-hybridized carbons (Fsp3) is 0.190. The van der Waals surface area contributed by atoms with E-state index >= 15 is 0 Å². The summed E-state index contributed by atoms with van der Waals surface area (Å²) < 4.78 is 6.52. The third-order valence-corrected chi connectivity index (χ3v) is 5.11. The maximum absolute atomic E-state index is 13.0. The van der Waals surface area contributed by atoms with Gasteiger partial charge in [-0.25, -0.2) is 4.98 Å². The number of methoxy groups -OCH3 is 1. The molecule has 0 unspecified atom stereocenters. The normalized spacial score (nSPS) is 11.0. The number of anilines is 1. The number of ether oxygens (including phenoxy) is 1. The Kier molecular flexibility index (Phi) is 5.22. The number of hydrogen-bond donors (Lipinski definition) is 2. The number of nitrogens with one attached hydrogen (secondary N) is 2. The zero-order chi connectivity index (χ0) is 20.4. The number of H-pyrrole nitrogens is 1. The van der Waals surface area contributed by atoms with E-state index in [1.54, 1.807) is 7.11 Å². The Morgan fingerprint density at radius 3 is 2.62 bits per heavy atom. The predicted molar refractivity (Wildman–Crippen MR) is 113 cm³/mol. The lowest BCUT2D eigenvalue weighted by Gasteiger charge is -2.06. The average Bonchev–Trinajstić information content (AvgIpc) is 3.14. The molecule has 0 fully saturated rings. The molecule has 0 bridgehead atoms. The highest BCUT2D eigenvalue weighted by Crippen LogP contribution is 2.19. The van der Waals surface area contributed by atoms with Gasteiger partial charge in [0.25, 0.3) is 11.3 Å². The summed E-state index contributed by atoms with van der Waals surface area (Å²) in [7, 11) is 1.63. The molecule has 0 saturated carbocycles. The summed E-state index contributed by atoms with van der Waals surface area (Å²) >= 11 is 6.25. The Morgan fingerprint density at radius 2 is 1.90 bits per heavy atom. The van der Waals surface area contributed by atoms with Gasteiger partial charge in [-0.05, 0) is 36.2 Å². The lowest BCUT2D eigenvalue weighted by molar-refractivity contribution is 0.414. The molecule has 148 valence electrons. The van der Waals surface area contributed by atoms with E-state index in [0.717, 1.165) is 16.9 Å². The van der Waals surface area contributed by atoms with Gasteiger partial charge in [0, 0.05) is 23.6 Å². The molecule has 0 radical (unpaired) electrons. The first-order chi connectivity index (χ1) is 14.0. The molecule has 7 nitrogen and oxygen atoms in total. The lowest BCUT2D eigenvalue weighted by Crippen LogP contribution is -2.22. The van der Waals surface area contributed by atoms with Crippen molar-refractivity contribution in [2.24, 2.45) is 0 Å². The number of benzene rings is 2. The molecule has 0 amide bonds. The maximum atomic E-state index is 13.0. The van der Waals surface area contributed by atoms with Crippen molar-refractivity contribution >= 4 is 23.3 Å². The monoisotopic (exact) mass is 409 g/mol. The molecule has 0 spiro atoms. The molecular weight excluding hydrogens is 390 g/mol. The van der Waals surface area contributed by atoms with E-state index in [2.05, 4.69) is 20.4 Å². The summed E-state index contributed by atoms with van der Waals surface area (Å²) in [5, 5.41) is 6.80. The van der Waals surface area contributed by atoms with Crippen LogP contribution in [0.3, 0.4) is 0 Å². The number of aromatic amines is 1. The maximum Gasteiger partial charge on any atom is 0.277 e. The van der Waals surface area contributed by atoms with Crippen molar-refractivity contribution in [2.45, 2.75) is 19.9 Å². The van der Waals surface area contributed by atoms with Crippen LogP contribution in [0.1, 0.15) is 22.4 Å². The Bertz CT molecular complexity index is 1210. The van der Waals surface area contributed by atoms with Gasteiger partial charge < -0.3 is 10.1 Å². The van der Waals surface area contributed by atoms with E-state index in [1.165, 1.54) is 4.52 Å². The van der Waals surface area contributed by atoms with Crippen LogP contribution in [-0.4, -0.2) is 26.7 Å². The van der Waals surface area contributed by atoms with Crippen LogP contribution in [0.5, 0.6) is 5.75 Å². The van der Waals surface area contributed by atoms with Crippen molar-refractivity contribution in [1.29, 1.82) is 0 Å². The summed E-state index contributed by atoms with van der Waals surface area (Å²) in [5.74, 6) is 1.60. The first-order valence-electron chi connectivity index (χ1n) is 9.13. The Labute approximate surface area is 172 Å². The van der Waals surface area contributed by atoms with E-state index < -0.39 is 0 Å². The van der Waals surface area contributed by atoms with Gasteiger partial charge in [-0.2, -0.15) is 9.50 Å². The zero-order valence-electron chi connectivity index (χ0n) is 16.1. The van der Waals surface area contributed by atoms with Crippen LogP contribution in [0.15, 0.2) is 53.3 Å². The fourth-order valence-electron chi connectivity index (χ4n) is 3.10. The fourth-order valence-corrected chi connectivity index (χ4v) is 3.30. The Balaban J connectivity index is 1.59. The molecule has 8 heteroatoms. The summed E-state index contributed by atoms with van der Waals surface area (Å²) in [5.41, 5.74) is 2.98. The Morgan fingerprint density at radius 1 is 1.14 bits per heavy atom. The average molecular weight is 410 g/mol. The first-order valence-corrected chi connectivity index (χ1v) is 9.51. The van der Waals surface area contributed by atoms with E-state index in [4.69, 9.17) is 16.3 Å². The summed E-state index contributed by atoms with van der Waals surface area (Å²) in [6.45, 7) is 2.36. The second-order valence-electron chi connectivity index (χ2n) is 6.66. The summed E-state index contributed by atoms with van der Waals surface area (Å²) in [6.07, 6.45) is 0.411. The minimum Gasteiger partial charge on any atom is -0.497 e. The van der Waals surface area contributed by atoms with Gasteiger partial charge in [0.1, 0.15) is 5.75 Å². The van der Waals surface area contributed by atoms with Gasteiger partial charge in [-0.1, -0.05) is 41.9 Å². The van der Waals surface area contributed by atoms with E-state index in [9.17, 15) is 4.79 Å². The van der Waals surface area contributed by atoms with Crippen LogP contribution in [0.2, 0.25) is 5.02 Å². The number of aromatic nitrogens is 4. The highest BCUT2D eigenvalue weighted by Gasteiger charge is 2.15. The van der Waals surface area contributed by atoms with Crippen LogP contribution in [0.25, 0.3) is 5.78 Å². The topological polar surface area (TPSA) is 84.3 Å². The second-order valence-corrected chi connectivity index (χ2v) is 7.07. The number of halogens is 1. The van der Waals surface area contributed by atoms with Gasteiger partial charge in [0.2, 0.25) is 5.95 Å². The number of rotatable bonds is 6. The SMILES string of the molecule is COc1ccc(CNc2nc3nc(C)c(Cc4ccccc4Cl)c(=O)n3[nH]2)cc1. The van der Waals surface area contributed by atoms with E-state index in [1.807, 2.05) is 55.5 Å². The highest BCUT2D eigenvalue weighted by atomic mass is 35.5. The van der Waals surface area contributed by atoms with Crippen molar-refractivity contribution in [2.75, 3.05) is 12.4 Å². The van der Waals surface area contributed by atoms with Gasteiger partial charge in [0.05, 0.1) is 12.8 Å². The molecule has 2 aromatic heterocycles. The van der Waals surface area contributed by atoms with Crippen molar-refractivity contribution in [3.8, 4) is 5.75 Å². The van der Waals surface area contributed by atoms with Crippen molar-refractivity contribution in [1.82, 2.24) is 19.6 Å². The number of aryl methyl sites for hydroxylation is 1. The Hall–Kier alpha value is -3.32. The zero-order valence-corrected chi connectivity index (χ0v) is 16.8. The molecule has 0 atom stereocenters. The van der Waals surface area contributed by atoms with Crippen molar-refractivity contribution < 1.29 is 4.74 Å². The van der Waals surface area contributed by atoms with E-state index in [0.29, 0.717) is 41.0 Å². The quantitative estimate of drug-likeness (QED) is 0.508. The van der Waals surface area contributed by atoms with Crippen molar-refractivity contribution in [3.05, 3.63) is 86.3 Å². The molecule has 0 saturated heterocycles. The van der Waals surface area contributed by atoms with Crippen LogP contribution in [-0.2, 0) is 13.0 Å². The number of hydrogen-bond acceptors (Lipinski definition) is 5. The molecule has 4 aromatic rings. The van der Waals surface area contributed by atoms with Crippen molar-refractivity contribution in [3.63, 3.8) is 0 Å². The first kappa shape index (κ1) is 19.0. The largest absolute Gasteiger partial charge is 0.497 e. The number of fused-ring (bicyclic) bond motifs is 1. The smallest absolute Gasteiger partial charge is 0.277 e. The predicted octanol–water partition coefficient (Wildman–Crippen LogP) is 3.59. The van der Waals surface area contributed by atoms with Crippen LogP contribution in [0.4, 0.5) is 5.95 Å². The molecule has 0 aliphatic carbocycles. The van der Waals surface area contributed by atoms with Gasteiger partial charge in [-0.15, -0.1) is 0 Å².